The van der Waals surface area contributed by atoms with Crippen molar-refractivity contribution in [1.29, 1.82) is 0 Å². The van der Waals surface area contributed by atoms with Crippen molar-refractivity contribution in [3.05, 3.63) is 66.0 Å². The second kappa shape index (κ2) is 9.24. The van der Waals surface area contributed by atoms with Crippen LogP contribution < -0.4 is 5.32 Å². The van der Waals surface area contributed by atoms with Crippen molar-refractivity contribution in [3.63, 3.8) is 0 Å². The summed E-state index contributed by atoms with van der Waals surface area (Å²) in [5.41, 5.74) is 0.243. The largest absolute Gasteiger partial charge is 0.351 e. The van der Waals surface area contributed by atoms with E-state index in [1.807, 2.05) is 37.3 Å². The van der Waals surface area contributed by atoms with Crippen molar-refractivity contribution < 1.29 is 14.0 Å². The van der Waals surface area contributed by atoms with Crippen molar-refractivity contribution in [2.24, 2.45) is 5.41 Å². The van der Waals surface area contributed by atoms with E-state index in [1.54, 1.807) is 17.0 Å². The summed E-state index contributed by atoms with van der Waals surface area (Å²) in [4.78, 5) is 28.3. The van der Waals surface area contributed by atoms with Gasteiger partial charge in [0.05, 0.1) is 11.2 Å². The fourth-order valence-electron chi connectivity index (χ4n) is 3.39. The van der Waals surface area contributed by atoms with Crippen LogP contribution in [0.4, 0.5) is 4.39 Å². The van der Waals surface area contributed by atoms with Crippen LogP contribution in [0.1, 0.15) is 25.3 Å². The molecule has 1 fully saturated rings. The van der Waals surface area contributed by atoms with E-state index in [2.05, 4.69) is 5.32 Å². The molecule has 4 nitrogen and oxygen atoms in total. The van der Waals surface area contributed by atoms with Crippen molar-refractivity contribution in [1.82, 2.24) is 10.2 Å². The number of piperidine rings is 1. The molecule has 1 N–H and O–H groups in total. The molecule has 1 aliphatic heterocycles. The normalized spacial score (nSPS) is 19.3. The molecular weight excluding hydrogens is 375 g/mol. The Morgan fingerprint density at radius 2 is 1.86 bits per heavy atom. The molecule has 2 aromatic carbocycles. The Balaban J connectivity index is 1.53. The van der Waals surface area contributed by atoms with Crippen LogP contribution in [0.25, 0.3) is 0 Å². The van der Waals surface area contributed by atoms with Gasteiger partial charge in [0.15, 0.2) is 0 Å². The zero-order chi connectivity index (χ0) is 20.0. The van der Waals surface area contributed by atoms with Crippen LogP contribution in [0.3, 0.4) is 0 Å². The molecule has 1 saturated heterocycles. The highest BCUT2D eigenvalue weighted by Crippen LogP contribution is 2.30. The van der Waals surface area contributed by atoms with E-state index in [0.717, 1.165) is 23.3 Å². The second-order valence-corrected chi connectivity index (χ2v) is 8.44. The van der Waals surface area contributed by atoms with Crippen molar-refractivity contribution in [3.8, 4) is 0 Å². The second-order valence-electron chi connectivity index (χ2n) is 7.39. The maximum absolute atomic E-state index is 13.0. The first-order chi connectivity index (χ1) is 13.5. The number of nitrogens with zero attached hydrogens (tertiary/aromatic N) is 1. The predicted octanol–water partition coefficient (Wildman–Crippen LogP) is 3.86. The molecule has 0 bridgehead atoms. The molecule has 0 aliphatic carbocycles. The number of halogens is 1. The summed E-state index contributed by atoms with van der Waals surface area (Å²) in [5.74, 6) is 0.0742. The molecule has 6 heteroatoms. The Morgan fingerprint density at radius 1 is 1.14 bits per heavy atom. The molecule has 0 aromatic heterocycles. The minimum Gasteiger partial charge on any atom is -0.351 e. The Hall–Kier alpha value is -2.34. The van der Waals surface area contributed by atoms with E-state index in [-0.39, 0.29) is 17.6 Å². The first-order valence-electron chi connectivity index (χ1n) is 9.45. The summed E-state index contributed by atoms with van der Waals surface area (Å²) in [6.07, 6.45) is 1.56. The van der Waals surface area contributed by atoms with Gasteiger partial charge >= 0.3 is 0 Å². The third-order valence-corrected chi connectivity index (χ3v) is 6.07. The smallest absolute Gasteiger partial charge is 0.232 e. The minimum atomic E-state index is -0.606. The van der Waals surface area contributed by atoms with E-state index in [9.17, 15) is 14.0 Å². The van der Waals surface area contributed by atoms with E-state index >= 15 is 0 Å². The summed E-state index contributed by atoms with van der Waals surface area (Å²) < 4.78 is 13.0. The van der Waals surface area contributed by atoms with Crippen LogP contribution in [-0.4, -0.2) is 35.6 Å². The van der Waals surface area contributed by atoms with E-state index in [0.29, 0.717) is 25.4 Å². The highest BCUT2D eigenvalue weighted by Gasteiger charge is 2.39. The lowest BCUT2D eigenvalue weighted by Crippen LogP contribution is -2.52. The summed E-state index contributed by atoms with van der Waals surface area (Å²) in [6.45, 7) is 3.38. The van der Waals surface area contributed by atoms with Gasteiger partial charge in [-0.1, -0.05) is 30.3 Å². The van der Waals surface area contributed by atoms with Gasteiger partial charge in [-0.25, -0.2) is 4.39 Å². The number of amides is 2. The van der Waals surface area contributed by atoms with Gasteiger partial charge < -0.3 is 10.2 Å². The lowest BCUT2D eigenvalue weighted by atomic mass is 9.81. The zero-order valence-corrected chi connectivity index (χ0v) is 16.8. The van der Waals surface area contributed by atoms with Crippen LogP contribution in [-0.2, 0) is 16.1 Å². The number of carbonyl (C=O) groups excluding carboxylic acids is 2. The number of hydrogen-bond acceptors (Lipinski definition) is 3. The van der Waals surface area contributed by atoms with Gasteiger partial charge in [-0.05, 0) is 49.6 Å². The summed E-state index contributed by atoms with van der Waals surface area (Å²) in [5, 5.41) is 2.94. The third kappa shape index (κ3) is 5.35. The molecule has 28 heavy (non-hydrogen) atoms. The predicted molar refractivity (Wildman–Crippen MR) is 109 cm³/mol. The molecule has 2 aromatic rings. The Kier molecular flexibility index (Phi) is 6.73. The maximum Gasteiger partial charge on any atom is 0.232 e. The van der Waals surface area contributed by atoms with Crippen LogP contribution in [0.15, 0.2) is 59.5 Å². The molecule has 3 rings (SSSR count). The topological polar surface area (TPSA) is 49.4 Å². The first kappa shape index (κ1) is 20.4. The average molecular weight is 401 g/mol. The zero-order valence-electron chi connectivity index (χ0n) is 16.0. The minimum absolute atomic E-state index is 0.0612. The average Bonchev–Trinajstić information content (AvgIpc) is 2.72. The number of likely N-dealkylation sites (tertiary alicyclic amines) is 1. The van der Waals surface area contributed by atoms with Gasteiger partial charge in [-0.3, -0.25) is 9.59 Å². The van der Waals surface area contributed by atoms with Gasteiger partial charge in [0.2, 0.25) is 11.8 Å². The summed E-state index contributed by atoms with van der Waals surface area (Å²) in [6, 6.07) is 15.9. The third-order valence-electron chi connectivity index (χ3n) is 5.07. The summed E-state index contributed by atoms with van der Waals surface area (Å²) in [7, 11) is 0. The molecule has 1 heterocycles. The van der Waals surface area contributed by atoms with E-state index < -0.39 is 5.41 Å². The molecule has 0 radical (unpaired) electrons. The fraction of sp³-hybridized carbons (Fsp3) is 0.364. The monoisotopic (exact) mass is 400 g/mol. The number of thioether (sulfide) groups is 1. The quantitative estimate of drug-likeness (QED) is 0.749. The van der Waals surface area contributed by atoms with Crippen LogP contribution in [0.5, 0.6) is 0 Å². The number of nitrogens with one attached hydrogen (secondary N) is 1. The summed E-state index contributed by atoms with van der Waals surface area (Å²) >= 11 is 1.52. The fourth-order valence-corrected chi connectivity index (χ4v) is 4.21. The Labute approximate surface area is 169 Å². The van der Waals surface area contributed by atoms with E-state index in [1.165, 1.54) is 23.9 Å². The molecule has 0 saturated carbocycles. The molecule has 1 aliphatic rings. The highest BCUT2D eigenvalue weighted by molar-refractivity contribution is 8.00. The molecular formula is C22H25FN2O2S. The van der Waals surface area contributed by atoms with E-state index in [4.69, 9.17) is 0 Å². The van der Waals surface area contributed by atoms with Crippen LogP contribution >= 0.6 is 11.8 Å². The maximum atomic E-state index is 13.0. The van der Waals surface area contributed by atoms with Crippen LogP contribution in [0.2, 0.25) is 0 Å². The SMILES string of the molecule is C[C@@]1(C(=O)NCc2ccc(F)cc2)CCCN(C(=O)CSc2ccccc2)C1. The number of carbonyl (C=O) groups is 2. The molecule has 1 atom stereocenters. The van der Waals surface area contributed by atoms with Gasteiger partial charge in [0.25, 0.3) is 0 Å². The number of benzene rings is 2. The number of rotatable bonds is 6. The standard InChI is InChI=1S/C22H25FN2O2S/c1-22(21(27)24-14-17-8-10-18(23)11-9-17)12-5-13-25(16-22)20(26)15-28-19-6-3-2-4-7-19/h2-4,6-11H,5,12-16H2,1H3,(H,24,27)/t22-/m1/s1. The van der Waals surface area contributed by atoms with Gasteiger partial charge in [0, 0.05) is 24.5 Å². The molecule has 0 unspecified atom stereocenters. The van der Waals surface area contributed by atoms with Gasteiger partial charge in [0.1, 0.15) is 5.82 Å². The van der Waals surface area contributed by atoms with Crippen molar-refractivity contribution in [2.45, 2.75) is 31.2 Å². The lowest BCUT2D eigenvalue weighted by molar-refractivity contribution is -0.139. The van der Waals surface area contributed by atoms with Crippen molar-refractivity contribution in [2.75, 3.05) is 18.8 Å². The van der Waals surface area contributed by atoms with Crippen LogP contribution in [0, 0.1) is 11.2 Å². The first-order valence-corrected chi connectivity index (χ1v) is 10.4. The molecule has 0 spiro atoms. The lowest BCUT2D eigenvalue weighted by Gasteiger charge is -2.39. The Morgan fingerprint density at radius 3 is 2.57 bits per heavy atom. The molecule has 148 valence electrons. The van der Waals surface area contributed by atoms with Crippen molar-refractivity contribution >= 4 is 23.6 Å². The van der Waals surface area contributed by atoms with Gasteiger partial charge in [-0.2, -0.15) is 0 Å². The Bertz CT molecular complexity index is 813. The van der Waals surface area contributed by atoms with Gasteiger partial charge in [-0.15, -0.1) is 11.8 Å². The highest BCUT2D eigenvalue weighted by atomic mass is 32.2. The number of hydrogen-bond donors (Lipinski definition) is 1. The molecule has 2 amide bonds.